The van der Waals surface area contributed by atoms with E-state index in [9.17, 15) is 4.79 Å². The lowest BCUT2D eigenvalue weighted by Gasteiger charge is -2.24. The number of benzene rings is 3. The second-order valence-electron chi connectivity index (χ2n) is 7.20. The lowest BCUT2D eigenvalue weighted by atomic mass is 10.1. The van der Waals surface area contributed by atoms with Crippen molar-refractivity contribution in [2.45, 2.75) is 19.5 Å². The second kappa shape index (κ2) is 9.50. The number of hydrogen-bond donors (Lipinski definition) is 1. The summed E-state index contributed by atoms with van der Waals surface area (Å²) in [6.07, 6.45) is 0. The minimum absolute atomic E-state index is 0.0877. The third-order valence-corrected chi connectivity index (χ3v) is 5.24. The van der Waals surface area contributed by atoms with Crippen LogP contribution in [0.4, 0.5) is 5.69 Å². The minimum atomic E-state index is -0.315. The standard InChI is InChI=1S/C24H28N2O4/c1-16(24(27)25-20-9-11-22(29-4)23(14-20)30-5)26(2)15-17-6-7-19-13-21(28-3)10-8-18(19)12-17/h6-14,16H,15H2,1-5H3,(H,25,27). The van der Waals surface area contributed by atoms with Crippen LogP contribution < -0.4 is 19.5 Å². The summed E-state index contributed by atoms with van der Waals surface area (Å²) < 4.78 is 15.8. The van der Waals surface area contributed by atoms with Crippen LogP contribution in [-0.4, -0.2) is 45.2 Å². The van der Waals surface area contributed by atoms with E-state index in [1.54, 1.807) is 39.5 Å². The van der Waals surface area contributed by atoms with E-state index >= 15 is 0 Å². The molecule has 0 aliphatic carbocycles. The molecule has 0 aromatic heterocycles. The first kappa shape index (κ1) is 21.5. The second-order valence-corrected chi connectivity index (χ2v) is 7.20. The first-order chi connectivity index (χ1) is 14.4. The number of anilines is 1. The zero-order chi connectivity index (χ0) is 21.7. The lowest BCUT2D eigenvalue weighted by molar-refractivity contribution is -0.120. The van der Waals surface area contributed by atoms with E-state index in [-0.39, 0.29) is 11.9 Å². The number of likely N-dealkylation sites (N-methyl/N-ethyl adjacent to an activating group) is 1. The summed E-state index contributed by atoms with van der Waals surface area (Å²) in [6.45, 7) is 2.55. The smallest absolute Gasteiger partial charge is 0.241 e. The van der Waals surface area contributed by atoms with Crippen LogP contribution in [0.3, 0.4) is 0 Å². The van der Waals surface area contributed by atoms with Crippen molar-refractivity contribution < 1.29 is 19.0 Å². The molecule has 158 valence electrons. The summed E-state index contributed by atoms with van der Waals surface area (Å²) in [5, 5.41) is 5.21. The maximum atomic E-state index is 12.7. The minimum Gasteiger partial charge on any atom is -0.497 e. The highest BCUT2D eigenvalue weighted by Crippen LogP contribution is 2.30. The van der Waals surface area contributed by atoms with Crippen molar-refractivity contribution >= 4 is 22.4 Å². The van der Waals surface area contributed by atoms with Crippen LogP contribution in [0, 0.1) is 0 Å². The molecule has 0 heterocycles. The maximum Gasteiger partial charge on any atom is 0.241 e. The summed E-state index contributed by atoms with van der Waals surface area (Å²) in [6, 6.07) is 17.3. The van der Waals surface area contributed by atoms with Crippen LogP contribution in [-0.2, 0) is 11.3 Å². The molecule has 0 spiro atoms. The summed E-state index contributed by atoms with van der Waals surface area (Å²) in [7, 11) is 6.76. The number of carbonyl (C=O) groups is 1. The van der Waals surface area contributed by atoms with Gasteiger partial charge in [0.25, 0.3) is 0 Å². The van der Waals surface area contributed by atoms with E-state index in [2.05, 4.69) is 23.5 Å². The molecule has 0 aliphatic heterocycles. The van der Waals surface area contributed by atoms with Gasteiger partial charge in [0, 0.05) is 18.3 Å². The number of nitrogens with zero attached hydrogens (tertiary/aromatic N) is 1. The van der Waals surface area contributed by atoms with Gasteiger partial charge < -0.3 is 19.5 Å². The molecule has 3 aromatic carbocycles. The molecule has 1 atom stereocenters. The van der Waals surface area contributed by atoms with Gasteiger partial charge in [-0.2, -0.15) is 0 Å². The molecule has 1 N–H and O–H groups in total. The molecule has 1 amide bonds. The predicted octanol–water partition coefficient (Wildman–Crippen LogP) is 4.32. The molecule has 3 rings (SSSR count). The fourth-order valence-corrected chi connectivity index (χ4v) is 3.28. The monoisotopic (exact) mass is 408 g/mol. The van der Waals surface area contributed by atoms with Crippen molar-refractivity contribution in [1.82, 2.24) is 4.90 Å². The van der Waals surface area contributed by atoms with E-state index in [1.807, 2.05) is 37.1 Å². The van der Waals surface area contributed by atoms with E-state index in [1.165, 1.54) is 0 Å². The first-order valence-corrected chi connectivity index (χ1v) is 9.75. The molecule has 6 nitrogen and oxygen atoms in total. The van der Waals surface area contributed by atoms with Crippen LogP contribution in [0.1, 0.15) is 12.5 Å². The predicted molar refractivity (Wildman–Crippen MR) is 120 cm³/mol. The number of fused-ring (bicyclic) bond motifs is 1. The van der Waals surface area contributed by atoms with Gasteiger partial charge in [-0.25, -0.2) is 0 Å². The third kappa shape index (κ3) is 4.83. The van der Waals surface area contributed by atoms with Crippen LogP contribution in [0.15, 0.2) is 54.6 Å². The van der Waals surface area contributed by atoms with Crippen LogP contribution in [0.2, 0.25) is 0 Å². The summed E-state index contributed by atoms with van der Waals surface area (Å²) in [4.78, 5) is 14.8. The molecular weight excluding hydrogens is 380 g/mol. The molecule has 6 heteroatoms. The third-order valence-electron chi connectivity index (χ3n) is 5.24. The van der Waals surface area contributed by atoms with Crippen molar-refractivity contribution in [3.05, 3.63) is 60.2 Å². The molecule has 0 bridgehead atoms. The van der Waals surface area contributed by atoms with E-state index < -0.39 is 0 Å². The van der Waals surface area contributed by atoms with Crippen molar-refractivity contribution in [1.29, 1.82) is 0 Å². The molecule has 0 radical (unpaired) electrons. The Bertz CT molecular complexity index is 1030. The Morgan fingerprint density at radius 3 is 2.30 bits per heavy atom. The average molecular weight is 408 g/mol. The molecule has 1 unspecified atom stereocenters. The molecule has 0 aliphatic rings. The Kier molecular flexibility index (Phi) is 6.79. The Morgan fingerprint density at radius 2 is 1.60 bits per heavy atom. The lowest BCUT2D eigenvalue weighted by Crippen LogP contribution is -2.39. The van der Waals surface area contributed by atoms with Gasteiger partial charge >= 0.3 is 0 Å². The van der Waals surface area contributed by atoms with Crippen molar-refractivity contribution in [3.63, 3.8) is 0 Å². The normalized spacial score (nSPS) is 11.9. The van der Waals surface area contributed by atoms with Gasteiger partial charge in [0.15, 0.2) is 11.5 Å². The zero-order valence-electron chi connectivity index (χ0n) is 18.1. The quantitative estimate of drug-likeness (QED) is 0.601. The van der Waals surface area contributed by atoms with Gasteiger partial charge in [0.1, 0.15) is 5.75 Å². The maximum absolute atomic E-state index is 12.7. The summed E-state index contributed by atoms with van der Waals surface area (Å²) in [5.74, 6) is 1.95. The average Bonchev–Trinajstić information content (AvgIpc) is 2.77. The summed E-state index contributed by atoms with van der Waals surface area (Å²) >= 11 is 0. The van der Waals surface area contributed by atoms with Gasteiger partial charge in [-0.1, -0.05) is 18.2 Å². The first-order valence-electron chi connectivity index (χ1n) is 9.75. The fraction of sp³-hybridized carbons (Fsp3) is 0.292. The number of amides is 1. The molecule has 0 fully saturated rings. The summed E-state index contributed by atoms with van der Waals surface area (Å²) in [5.41, 5.74) is 1.80. The van der Waals surface area contributed by atoms with Crippen molar-refractivity contribution in [3.8, 4) is 17.2 Å². The van der Waals surface area contributed by atoms with Crippen LogP contribution in [0.5, 0.6) is 17.2 Å². The van der Waals surface area contributed by atoms with Gasteiger partial charge in [-0.15, -0.1) is 0 Å². The molecule has 30 heavy (non-hydrogen) atoms. The van der Waals surface area contributed by atoms with Crippen LogP contribution in [0.25, 0.3) is 10.8 Å². The van der Waals surface area contributed by atoms with Crippen molar-refractivity contribution in [2.24, 2.45) is 0 Å². The number of carbonyl (C=O) groups excluding carboxylic acids is 1. The number of nitrogens with one attached hydrogen (secondary N) is 1. The SMILES string of the molecule is COc1ccc2cc(CN(C)C(C)C(=O)Nc3ccc(OC)c(OC)c3)ccc2c1. The van der Waals surface area contributed by atoms with Crippen molar-refractivity contribution in [2.75, 3.05) is 33.7 Å². The van der Waals surface area contributed by atoms with Gasteiger partial charge in [0.05, 0.1) is 27.4 Å². The number of rotatable bonds is 8. The Morgan fingerprint density at radius 1 is 0.900 bits per heavy atom. The Labute approximate surface area is 177 Å². The fourth-order valence-electron chi connectivity index (χ4n) is 3.28. The zero-order valence-corrected chi connectivity index (χ0v) is 18.1. The van der Waals surface area contributed by atoms with E-state index in [4.69, 9.17) is 14.2 Å². The number of hydrogen-bond acceptors (Lipinski definition) is 5. The number of ether oxygens (including phenoxy) is 3. The topological polar surface area (TPSA) is 60.0 Å². The molecule has 3 aromatic rings. The Hall–Kier alpha value is -3.25. The van der Waals surface area contributed by atoms with Gasteiger partial charge in [0.2, 0.25) is 5.91 Å². The Balaban J connectivity index is 1.67. The van der Waals surface area contributed by atoms with Gasteiger partial charge in [-0.3, -0.25) is 9.69 Å². The van der Waals surface area contributed by atoms with Gasteiger partial charge in [-0.05, 0) is 60.6 Å². The molecular formula is C24H28N2O4. The highest BCUT2D eigenvalue weighted by molar-refractivity contribution is 5.94. The molecule has 0 saturated heterocycles. The molecule has 0 saturated carbocycles. The largest absolute Gasteiger partial charge is 0.497 e. The highest BCUT2D eigenvalue weighted by Gasteiger charge is 2.19. The highest BCUT2D eigenvalue weighted by atomic mass is 16.5. The number of methoxy groups -OCH3 is 3. The van der Waals surface area contributed by atoms with E-state index in [0.717, 1.165) is 22.1 Å². The van der Waals surface area contributed by atoms with E-state index in [0.29, 0.717) is 23.7 Å². The van der Waals surface area contributed by atoms with Crippen LogP contribution >= 0.6 is 0 Å².